The SMILES string of the molecule is O=C(NCC[C@@H]1CCCO1)N1C[C@@H]2CN3CCCC[C@H]3[C@H]2C1. The maximum Gasteiger partial charge on any atom is 0.317 e. The van der Waals surface area contributed by atoms with Gasteiger partial charge in [0, 0.05) is 38.8 Å². The monoisotopic (exact) mass is 307 g/mol. The number of urea groups is 1. The first-order valence-corrected chi connectivity index (χ1v) is 9.19. The van der Waals surface area contributed by atoms with Gasteiger partial charge in [0.1, 0.15) is 0 Å². The van der Waals surface area contributed by atoms with Crippen LogP contribution in [0.15, 0.2) is 0 Å². The highest BCUT2D eigenvalue weighted by atomic mass is 16.5. The van der Waals surface area contributed by atoms with E-state index in [2.05, 4.69) is 15.1 Å². The van der Waals surface area contributed by atoms with Crippen LogP contribution >= 0.6 is 0 Å². The van der Waals surface area contributed by atoms with E-state index >= 15 is 0 Å². The van der Waals surface area contributed by atoms with Gasteiger partial charge in [0.2, 0.25) is 0 Å². The summed E-state index contributed by atoms with van der Waals surface area (Å²) in [5, 5.41) is 3.11. The fourth-order valence-electron chi connectivity index (χ4n) is 5.04. The third-order valence-electron chi connectivity index (χ3n) is 6.17. The number of nitrogens with one attached hydrogen (secondary N) is 1. The van der Waals surface area contributed by atoms with Gasteiger partial charge in [-0.05, 0) is 50.5 Å². The van der Waals surface area contributed by atoms with Crippen molar-refractivity contribution in [2.75, 3.05) is 39.3 Å². The zero-order valence-electron chi connectivity index (χ0n) is 13.5. The number of nitrogens with zero attached hydrogens (tertiary/aromatic N) is 2. The van der Waals surface area contributed by atoms with E-state index in [1.807, 2.05) is 0 Å². The van der Waals surface area contributed by atoms with Crippen molar-refractivity contribution in [3.8, 4) is 0 Å². The summed E-state index contributed by atoms with van der Waals surface area (Å²) in [6.45, 7) is 6.08. The van der Waals surface area contributed by atoms with Crippen LogP contribution in [0, 0.1) is 11.8 Å². The maximum atomic E-state index is 12.4. The Kier molecular flexibility index (Phi) is 4.27. The van der Waals surface area contributed by atoms with Crippen LogP contribution in [0.3, 0.4) is 0 Å². The van der Waals surface area contributed by atoms with Crippen molar-refractivity contribution >= 4 is 6.03 Å². The summed E-state index contributed by atoms with van der Waals surface area (Å²) in [6.07, 6.45) is 7.74. The summed E-state index contributed by atoms with van der Waals surface area (Å²) in [5.41, 5.74) is 0. The van der Waals surface area contributed by atoms with E-state index < -0.39 is 0 Å². The Bertz CT molecular complexity index is 411. The molecule has 0 bridgehead atoms. The van der Waals surface area contributed by atoms with Gasteiger partial charge in [-0.15, -0.1) is 0 Å². The van der Waals surface area contributed by atoms with Gasteiger partial charge >= 0.3 is 6.03 Å². The van der Waals surface area contributed by atoms with Gasteiger partial charge in [-0.2, -0.15) is 0 Å². The Morgan fingerprint density at radius 1 is 1.14 bits per heavy atom. The minimum atomic E-state index is 0.148. The van der Waals surface area contributed by atoms with Crippen molar-refractivity contribution in [3.05, 3.63) is 0 Å². The second-order valence-electron chi connectivity index (χ2n) is 7.54. The smallest absolute Gasteiger partial charge is 0.317 e. The van der Waals surface area contributed by atoms with Crippen LogP contribution in [0.1, 0.15) is 38.5 Å². The highest BCUT2D eigenvalue weighted by molar-refractivity contribution is 5.74. The van der Waals surface area contributed by atoms with Crippen LogP contribution in [0.25, 0.3) is 0 Å². The molecule has 5 nitrogen and oxygen atoms in total. The van der Waals surface area contributed by atoms with Gasteiger partial charge in [-0.1, -0.05) is 6.42 Å². The first-order chi connectivity index (χ1) is 10.8. The number of likely N-dealkylation sites (tertiary alicyclic amines) is 1. The van der Waals surface area contributed by atoms with Gasteiger partial charge in [0.25, 0.3) is 0 Å². The molecule has 0 aromatic rings. The second kappa shape index (κ2) is 6.36. The molecule has 0 aromatic heterocycles. The summed E-state index contributed by atoms with van der Waals surface area (Å²) in [5.74, 6) is 1.44. The van der Waals surface area contributed by atoms with Crippen molar-refractivity contribution in [1.29, 1.82) is 0 Å². The van der Waals surface area contributed by atoms with E-state index in [0.29, 0.717) is 12.0 Å². The van der Waals surface area contributed by atoms with Crippen molar-refractivity contribution in [2.45, 2.75) is 50.7 Å². The molecule has 0 saturated carbocycles. The zero-order valence-corrected chi connectivity index (χ0v) is 13.5. The van der Waals surface area contributed by atoms with E-state index in [-0.39, 0.29) is 6.03 Å². The van der Waals surface area contributed by atoms with Gasteiger partial charge in [-0.3, -0.25) is 4.90 Å². The normalized spacial score (nSPS) is 38.1. The zero-order chi connectivity index (χ0) is 14.9. The second-order valence-corrected chi connectivity index (χ2v) is 7.54. The number of carbonyl (C=O) groups is 1. The maximum absolute atomic E-state index is 12.4. The summed E-state index contributed by atoms with van der Waals surface area (Å²) >= 11 is 0. The molecule has 4 aliphatic rings. The van der Waals surface area contributed by atoms with Gasteiger partial charge in [0.15, 0.2) is 0 Å². The molecule has 4 saturated heterocycles. The molecule has 4 rings (SSSR count). The number of rotatable bonds is 3. The molecule has 0 spiro atoms. The summed E-state index contributed by atoms with van der Waals surface area (Å²) in [4.78, 5) is 17.1. The quantitative estimate of drug-likeness (QED) is 0.863. The van der Waals surface area contributed by atoms with Crippen LogP contribution < -0.4 is 5.32 Å². The molecule has 0 radical (unpaired) electrons. The molecule has 4 fully saturated rings. The lowest BCUT2D eigenvalue weighted by atomic mass is 9.90. The lowest BCUT2D eigenvalue weighted by molar-refractivity contribution is 0.104. The third-order valence-corrected chi connectivity index (χ3v) is 6.17. The lowest BCUT2D eigenvalue weighted by Gasteiger charge is -2.33. The highest BCUT2D eigenvalue weighted by Gasteiger charge is 2.48. The van der Waals surface area contributed by atoms with Crippen molar-refractivity contribution in [1.82, 2.24) is 15.1 Å². The Hall–Kier alpha value is -0.810. The summed E-state index contributed by atoms with van der Waals surface area (Å²) < 4.78 is 5.61. The first kappa shape index (κ1) is 14.8. The van der Waals surface area contributed by atoms with E-state index in [4.69, 9.17) is 4.74 Å². The number of hydrogen-bond acceptors (Lipinski definition) is 3. The van der Waals surface area contributed by atoms with Crippen LogP contribution in [-0.4, -0.2) is 67.3 Å². The number of amides is 2. The average Bonchev–Trinajstić information content (AvgIpc) is 3.22. The molecule has 5 heteroatoms. The molecule has 4 heterocycles. The van der Waals surface area contributed by atoms with Crippen LogP contribution in [-0.2, 0) is 4.74 Å². The number of carbonyl (C=O) groups excluding carboxylic acids is 1. The molecule has 0 unspecified atom stereocenters. The topological polar surface area (TPSA) is 44.8 Å². The van der Waals surface area contributed by atoms with Gasteiger partial charge in [0.05, 0.1) is 6.10 Å². The molecular formula is C17H29N3O2. The molecule has 124 valence electrons. The lowest BCUT2D eigenvalue weighted by Crippen LogP contribution is -2.44. The molecular weight excluding hydrogens is 278 g/mol. The Morgan fingerprint density at radius 3 is 2.95 bits per heavy atom. The minimum absolute atomic E-state index is 0.148. The fraction of sp³-hybridized carbons (Fsp3) is 0.941. The number of ether oxygens (including phenoxy) is 1. The van der Waals surface area contributed by atoms with Crippen molar-refractivity contribution in [3.63, 3.8) is 0 Å². The summed E-state index contributed by atoms with van der Waals surface area (Å²) in [7, 11) is 0. The number of piperidine rings is 1. The molecule has 1 N–H and O–H groups in total. The van der Waals surface area contributed by atoms with E-state index in [1.165, 1.54) is 38.8 Å². The predicted octanol–water partition coefficient (Wildman–Crippen LogP) is 1.68. The molecule has 22 heavy (non-hydrogen) atoms. The van der Waals surface area contributed by atoms with Crippen molar-refractivity contribution in [2.24, 2.45) is 11.8 Å². The average molecular weight is 307 g/mol. The van der Waals surface area contributed by atoms with E-state index in [0.717, 1.165) is 51.0 Å². The standard InChI is InChI=1S/C17H29N3O2/c21-17(18-7-6-14-4-3-9-22-14)20-11-13-10-19-8-2-1-5-16(19)15(13)12-20/h13-16H,1-12H2,(H,18,21)/t13-,14-,15-,16-/m0/s1. The summed E-state index contributed by atoms with van der Waals surface area (Å²) in [6, 6.07) is 0.901. The molecule has 0 aromatic carbocycles. The minimum Gasteiger partial charge on any atom is -0.378 e. The van der Waals surface area contributed by atoms with Crippen LogP contribution in [0.2, 0.25) is 0 Å². The number of hydrogen-bond donors (Lipinski definition) is 1. The molecule has 4 atom stereocenters. The molecule has 2 amide bonds. The Labute approximate surface area is 133 Å². The highest BCUT2D eigenvalue weighted by Crippen LogP contribution is 2.40. The molecule has 0 aliphatic carbocycles. The third kappa shape index (κ3) is 2.85. The Morgan fingerprint density at radius 2 is 2.09 bits per heavy atom. The predicted molar refractivity (Wildman–Crippen MR) is 84.8 cm³/mol. The van der Waals surface area contributed by atoms with Gasteiger partial charge < -0.3 is 15.0 Å². The first-order valence-electron chi connectivity index (χ1n) is 9.19. The molecule has 4 aliphatic heterocycles. The largest absolute Gasteiger partial charge is 0.378 e. The van der Waals surface area contributed by atoms with Crippen molar-refractivity contribution < 1.29 is 9.53 Å². The van der Waals surface area contributed by atoms with Gasteiger partial charge in [-0.25, -0.2) is 4.79 Å². The van der Waals surface area contributed by atoms with Crippen LogP contribution in [0.5, 0.6) is 0 Å². The number of fused-ring (bicyclic) bond motifs is 3. The fourth-order valence-corrected chi connectivity index (χ4v) is 5.04. The van der Waals surface area contributed by atoms with E-state index in [1.54, 1.807) is 0 Å². The van der Waals surface area contributed by atoms with Crippen LogP contribution in [0.4, 0.5) is 4.79 Å². The van der Waals surface area contributed by atoms with E-state index in [9.17, 15) is 4.79 Å². The Balaban J connectivity index is 1.23.